The summed E-state index contributed by atoms with van der Waals surface area (Å²) in [5.41, 5.74) is 6.49. The Labute approximate surface area is 149 Å². The molecular weight excluding hydrogens is 310 g/mol. The zero-order valence-corrected chi connectivity index (χ0v) is 14.7. The monoisotopic (exact) mass is 335 g/mol. The molecule has 1 atom stereocenters. The molecule has 3 heteroatoms. The Balaban J connectivity index is 1.64. The van der Waals surface area contributed by atoms with E-state index >= 15 is 0 Å². The highest BCUT2D eigenvalue weighted by molar-refractivity contribution is 5.68. The van der Waals surface area contributed by atoms with Gasteiger partial charge in [0.2, 0.25) is 0 Å². The van der Waals surface area contributed by atoms with Crippen LogP contribution in [0, 0.1) is 5.41 Å². The lowest BCUT2D eigenvalue weighted by Crippen LogP contribution is -2.36. The van der Waals surface area contributed by atoms with Crippen molar-refractivity contribution < 1.29 is 9.90 Å². The maximum atomic E-state index is 11.3. The third-order valence-corrected chi connectivity index (χ3v) is 5.94. The number of benzene rings is 2. The fourth-order valence-corrected chi connectivity index (χ4v) is 4.35. The minimum Gasteiger partial charge on any atom is -0.465 e. The van der Waals surface area contributed by atoms with Gasteiger partial charge in [0.25, 0.3) is 0 Å². The second-order valence-corrected chi connectivity index (χ2v) is 7.61. The van der Waals surface area contributed by atoms with Gasteiger partial charge >= 0.3 is 6.09 Å². The maximum absolute atomic E-state index is 11.3. The number of rotatable bonds is 4. The van der Waals surface area contributed by atoms with Gasteiger partial charge in [0.15, 0.2) is 0 Å². The molecule has 4 rings (SSSR count). The molecule has 0 aromatic heterocycles. The molecule has 1 fully saturated rings. The highest BCUT2D eigenvalue weighted by atomic mass is 16.4. The highest BCUT2D eigenvalue weighted by Crippen LogP contribution is 2.60. The summed E-state index contributed by atoms with van der Waals surface area (Å²) in [6, 6.07) is 15.3. The van der Waals surface area contributed by atoms with E-state index in [1.54, 1.807) is 0 Å². The van der Waals surface area contributed by atoms with Gasteiger partial charge in [0, 0.05) is 0 Å². The van der Waals surface area contributed by atoms with Gasteiger partial charge in [-0.1, -0.05) is 55.8 Å². The molecule has 1 spiro atoms. The van der Waals surface area contributed by atoms with Crippen LogP contribution in [-0.4, -0.2) is 11.2 Å². The smallest absolute Gasteiger partial charge is 0.405 e. The van der Waals surface area contributed by atoms with E-state index in [1.807, 2.05) is 0 Å². The number of hydrogen-bond acceptors (Lipinski definition) is 1. The molecule has 2 aromatic carbocycles. The van der Waals surface area contributed by atoms with Crippen LogP contribution in [0.1, 0.15) is 55.3 Å². The van der Waals surface area contributed by atoms with Crippen LogP contribution in [-0.2, 0) is 12.8 Å². The molecule has 130 valence electrons. The minimum absolute atomic E-state index is 0.0465. The molecule has 1 unspecified atom stereocenters. The number of fused-ring (bicyclic) bond motifs is 1. The number of nitrogens with one attached hydrogen (secondary N) is 1. The van der Waals surface area contributed by atoms with E-state index in [9.17, 15) is 9.90 Å². The van der Waals surface area contributed by atoms with Crippen molar-refractivity contribution in [3.05, 3.63) is 59.2 Å². The first-order chi connectivity index (χ1) is 12.1. The highest BCUT2D eigenvalue weighted by Gasteiger charge is 2.52. The van der Waals surface area contributed by atoms with Crippen molar-refractivity contribution in [1.29, 1.82) is 0 Å². The van der Waals surface area contributed by atoms with Crippen LogP contribution in [0.3, 0.4) is 0 Å². The van der Waals surface area contributed by atoms with Crippen LogP contribution in [0.4, 0.5) is 4.79 Å². The SMILES string of the molecule is CCCc1ccc(-c2ccc3c(c2)CCC2(CC2)C3NC(=O)O)cc1. The quantitative estimate of drug-likeness (QED) is 0.792. The van der Waals surface area contributed by atoms with E-state index in [-0.39, 0.29) is 11.5 Å². The number of carboxylic acid groups (broad SMARTS) is 1. The van der Waals surface area contributed by atoms with E-state index < -0.39 is 6.09 Å². The number of aryl methyl sites for hydroxylation is 2. The first-order valence-electron chi connectivity index (χ1n) is 9.33. The Kier molecular flexibility index (Phi) is 4.03. The second-order valence-electron chi connectivity index (χ2n) is 7.61. The van der Waals surface area contributed by atoms with Crippen molar-refractivity contribution in [2.75, 3.05) is 0 Å². The zero-order valence-electron chi connectivity index (χ0n) is 14.7. The normalized spacial score (nSPS) is 20.1. The standard InChI is InChI=1S/C22H25NO2/c1-2-3-15-4-6-16(7-5-15)17-8-9-19-18(14-17)10-11-22(12-13-22)20(19)23-21(24)25/h4-9,14,20,23H,2-3,10-13H2,1H3,(H,24,25). The van der Waals surface area contributed by atoms with Crippen molar-refractivity contribution in [1.82, 2.24) is 5.32 Å². The molecule has 2 N–H and O–H groups in total. The minimum atomic E-state index is -0.917. The van der Waals surface area contributed by atoms with Gasteiger partial charge in [0.05, 0.1) is 6.04 Å². The summed E-state index contributed by atoms with van der Waals surface area (Å²) in [7, 11) is 0. The fourth-order valence-electron chi connectivity index (χ4n) is 4.35. The van der Waals surface area contributed by atoms with Crippen LogP contribution >= 0.6 is 0 Å². The number of hydrogen-bond donors (Lipinski definition) is 2. The molecule has 0 heterocycles. The van der Waals surface area contributed by atoms with E-state index in [0.717, 1.165) is 38.5 Å². The fraction of sp³-hybridized carbons (Fsp3) is 0.409. The second kappa shape index (κ2) is 6.21. The topological polar surface area (TPSA) is 49.3 Å². The predicted octanol–water partition coefficient (Wildman–Crippen LogP) is 5.34. The molecular formula is C22H25NO2. The van der Waals surface area contributed by atoms with Gasteiger partial charge in [0.1, 0.15) is 0 Å². The molecule has 2 aliphatic rings. The Morgan fingerprint density at radius 3 is 2.48 bits per heavy atom. The Morgan fingerprint density at radius 2 is 1.84 bits per heavy atom. The summed E-state index contributed by atoms with van der Waals surface area (Å²) in [6.07, 6.45) is 5.78. The lowest BCUT2D eigenvalue weighted by Gasteiger charge is -2.34. The summed E-state index contributed by atoms with van der Waals surface area (Å²) < 4.78 is 0. The van der Waals surface area contributed by atoms with Crippen LogP contribution in [0.25, 0.3) is 11.1 Å². The van der Waals surface area contributed by atoms with Crippen molar-refractivity contribution in [2.45, 2.75) is 51.5 Å². The van der Waals surface area contributed by atoms with Crippen molar-refractivity contribution in [3.8, 4) is 11.1 Å². The lowest BCUT2D eigenvalue weighted by atomic mass is 9.76. The maximum Gasteiger partial charge on any atom is 0.405 e. The Morgan fingerprint density at radius 1 is 1.12 bits per heavy atom. The Bertz CT molecular complexity index is 790. The lowest BCUT2D eigenvalue weighted by molar-refractivity contribution is 0.178. The van der Waals surface area contributed by atoms with E-state index in [2.05, 4.69) is 54.7 Å². The summed E-state index contributed by atoms with van der Waals surface area (Å²) in [6.45, 7) is 2.20. The van der Waals surface area contributed by atoms with Crippen LogP contribution in [0.5, 0.6) is 0 Å². The van der Waals surface area contributed by atoms with Gasteiger partial charge in [-0.15, -0.1) is 0 Å². The average molecular weight is 335 g/mol. The first kappa shape index (κ1) is 16.2. The van der Waals surface area contributed by atoms with Crippen molar-refractivity contribution in [3.63, 3.8) is 0 Å². The molecule has 0 aliphatic heterocycles. The van der Waals surface area contributed by atoms with E-state index in [4.69, 9.17) is 0 Å². The summed E-state index contributed by atoms with van der Waals surface area (Å²) in [5.74, 6) is 0. The first-order valence-corrected chi connectivity index (χ1v) is 9.33. The van der Waals surface area contributed by atoms with Gasteiger partial charge < -0.3 is 10.4 Å². The largest absolute Gasteiger partial charge is 0.465 e. The number of carbonyl (C=O) groups is 1. The molecule has 25 heavy (non-hydrogen) atoms. The number of amides is 1. The molecule has 1 amide bonds. The van der Waals surface area contributed by atoms with Gasteiger partial charge in [-0.2, -0.15) is 0 Å². The van der Waals surface area contributed by atoms with Crippen molar-refractivity contribution >= 4 is 6.09 Å². The molecule has 2 aromatic rings. The molecule has 0 radical (unpaired) electrons. The molecule has 1 saturated carbocycles. The summed E-state index contributed by atoms with van der Waals surface area (Å²) >= 11 is 0. The average Bonchev–Trinajstić information content (AvgIpc) is 3.39. The summed E-state index contributed by atoms with van der Waals surface area (Å²) in [4.78, 5) is 11.3. The van der Waals surface area contributed by atoms with E-state index in [0.29, 0.717) is 0 Å². The van der Waals surface area contributed by atoms with Crippen molar-refractivity contribution in [2.24, 2.45) is 5.41 Å². The van der Waals surface area contributed by atoms with Gasteiger partial charge in [-0.05, 0) is 65.3 Å². The third-order valence-electron chi connectivity index (χ3n) is 5.94. The molecule has 2 aliphatic carbocycles. The van der Waals surface area contributed by atoms with Gasteiger partial charge in [-0.3, -0.25) is 0 Å². The van der Waals surface area contributed by atoms with Crippen LogP contribution in [0.15, 0.2) is 42.5 Å². The summed E-state index contributed by atoms with van der Waals surface area (Å²) in [5, 5.41) is 12.0. The predicted molar refractivity (Wildman–Crippen MR) is 99.8 cm³/mol. The van der Waals surface area contributed by atoms with Crippen LogP contribution < -0.4 is 5.32 Å². The third kappa shape index (κ3) is 3.04. The zero-order chi connectivity index (χ0) is 17.4. The van der Waals surface area contributed by atoms with Crippen LogP contribution in [0.2, 0.25) is 0 Å². The molecule has 3 nitrogen and oxygen atoms in total. The van der Waals surface area contributed by atoms with Gasteiger partial charge in [-0.25, -0.2) is 4.79 Å². The Hall–Kier alpha value is -2.29. The van der Waals surface area contributed by atoms with E-state index in [1.165, 1.54) is 27.8 Å². The molecule has 0 saturated heterocycles. The molecule has 0 bridgehead atoms.